The van der Waals surface area contributed by atoms with Crippen molar-refractivity contribution in [2.45, 2.75) is 19.1 Å². The number of amides is 1. The number of rotatable bonds is 7. The van der Waals surface area contributed by atoms with Gasteiger partial charge in [0.25, 0.3) is 0 Å². The maximum Gasteiger partial charge on any atom is 0.230 e. The van der Waals surface area contributed by atoms with E-state index in [4.69, 9.17) is 11.6 Å². The van der Waals surface area contributed by atoms with E-state index >= 15 is 0 Å². The van der Waals surface area contributed by atoms with Gasteiger partial charge in [-0.15, -0.1) is 11.8 Å². The zero-order chi connectivity index (χ0) is 15.8. The number of nitrogens with one attached hydrogen (secondary N) is 1. The number of carbonyl (C=O) groups is 1. The zero-order valence-electron chi connectivity index (χ0n) is 12.6. The maximum absolute atomic E-state index is 11.8. The van der Waals surface area contributed by atoms with Crippen molar-refractivity contribution >= 4 is 29.3 Å². The summed E-state index contributed by atoms with van der Waals surface area (Å²) in [7, 11) is 0. The van der Waals surface area contributed by atoms with E-state index in [1.165, 1.54) is 16.7 Å². The van der Waals surface area contributed by atoms with Crippen molar-refractivity contribution in [3.63, 3.8) is 0 Å². The van der Waals surface area contributed by atoms with Gasteiger partial charge >= 0.3 is 0 Å². The third kappa shape index (κ3) is 5.74. The van der Waals surface area contributed by atoms with Crippen molar-refractivity contribution < 1.29 is 4.79 Å². The van der Waals surface area contributed by atoms with Crippen molar-refractivity contribution in [1.29, 1.82) is 0 Å². The average molecular weight is 334 g/mol. The van der Waals surface area contributed by atoms with Gasteiger partial charge in [-0.1, -0.05) is 48.0 Å². The van der Waals surface area contributed by atoms with Crippen molar-refractivity contribution in [2.75, 3.05) is 12.3 Å². The lowest BCUT2D eigenvalue weighted by molar-refractivity contribution is -0.118. The van der Waals surface area contributed by atoms with E-state index < -0.39 is 0 Å². The van der Waals surface area contributed by atoms with E-state index in [1.54, 1.807) is 11.8 Å². The normalized spacial score (nSPS) is 10.5. The van der Waals surface area contributed by atoms with Crippen LogP contribution in [-0.4, -0.2) is 18.2 Å². The maximum atomic E-state index is 11.8. The van der Waals surface area contributed by atoms with Crippen LogP contribution in [0.25, 0.3) is 0 Å². The lowest BCUT2D eigenvalue weighted by atomic mass is 10.1. The summed E-state index contributed by atoms with van der Waals surface area (Å²) >= 11 is 7.49. The molecule has 0 bridgehead atoms. The van der Waals surface area contributed by atoms with E-state index in [0.717, 1.165) is 17.2 Å². The summed E-state index contributed by atoms with van der Waals surface area (Å²) < 4.78 is 0. The molecule has 2 rings (SSSR count). The highest BCUT2D eigenvalue weighted by molar-refractivity contribution is 7.99. The second kappa shape index (κ2) is 8.86. The highest BCUT2D eigenvalue weighted by Crippen LogP contribution is 2.15. The number of carbonyl (C=O) groups excluding carboxylic acids is 1. The molecule has 0 aromatic heterocycles. The minimum absolute atomic E-state index is 0.0903. The molecule has 0 saturated heterocycles. The summed E-state index contributed by atoms with van der Waals surface area (Å²) in [6, 6.07) is 16.0. The molecule has 4 heteroatoms. The van der Waals surface area contributed by atoms with Crippen LogP contribution in [0.1, 0.15) is 16.7 Å². The Morgan fingerprint density at radius 1 is 1.14 bits per heavy atom. The highest BCUT2D eigenvalue weighted by Gasteiger charge is 2.03. The molecule has 2 nitrogen and oxygen atoms in total. The van der Waals surface area contributed by atoms with Crippen LogP contribution in [-0.2, 0) is 17.0 Å². The van der Waals surface area contributed by atoms with Gasteiger partial charge in [-0.3, -0.25) is 4.79 Å². The van der Waals surface area contributed by atoms with Crippen LogP contribution in [0, 0.1) is 6.92 Å². The lowest BCUT2D eigenvalue weighted by Crippen LogP contribution is -2.27. The molecule has 0 fully saturated rings. The first-order chi connectivity index (χ1) is 10.6. The number of benzene rings is 2. The van der Waals surface area contributed by atoms with Gasteiger partial charge in [0.1, 0.15) is 0 Å². The molecule has 1 N–H and O–H groups in total. The SMILES string of the molecule is Cc1ccccc1CSCC(=O)NCCc1ccc(Cl)cc1. The van der Waals surface area contributed by atoms with Crippen LogP contribution in [0.2, 0.25) is 5.02 Å². The summed E-state index contributed by atoms with van der Waals surface area (Å²) in [4.78, 5) is 11.8. The minimum atomic E-state index is 0.0903. The second-order valence-electron chi connectivity index (χ2n) is 5.15. The largest absolute Gasteiger partial charge is 0.355 e. The van der Waals surface area contributed by atoms with Crippen molar-refractivity contribution in [3.05, 3.63) is 70.2 Å². The molecule has 2 aromatic rings. The number of thioether (sulfide) groups is 1. The van der Waals surface area contributed by atoms with Crippen LogP contribution < -0.4 is 5.32 Å². The summed E-state index contributed by atoms with van der Waals surface area (Å²) in [6.45, 7) is 2.76. The number of halogens is 1. The van der Waals surface area contributed by atoms with Gasteiger partial charge in [0.15, 0.2) is 0 Å². The number of hydrogen-bond acceptors (Lipinski definition) is 2. The molecule has 0 saturated carbocycles. The molecule has 116 valence electrons. The average Bonchev–Trinajstić information content (AvgIpc) is 2.51. The Hall–Kier alpha value is -1.45. The summed E-state index contributed by atoms with van der Waals surface area (Å²) in [5.41, 5.74) is 3.75. The Bertz CT molecular complexity index is 613. The Balaban J connectivity index is 1.64. The Morgan fingerprint density at radius 2 is 1.86 bits per heavy atom. The van der Waals surface area contributed by atoms with Crippen LogP contribution in [0.5, 0.6) is 0 Å². The van der Waals surface area contributed by atoms with Crippen molar-refractivity contribution in [2.24, 2.45) is 0 Å². The fourth-order valence-electron chi connectivity index (χ4n) is 2.07. The van der Waals surface area contributed by atoms with Gasteiger partial charge in [-0.2, -0.15) is 0 Å². The van der Waals surface area contributed by atoms with Gasteiger partial charge in [0, 0.05) is 17.3 Å². The molecule has 22 heavy (non-hydrogen) atoms. The summed E-state index contributed by atoms with van der Waals surface area (Å²) in [5.74, 6) is 1.46. The zero-order valence-corrected chi connectivity index (χ0v) is 14.2. The first-order valence-electron chi connectivity index (χ1n) is 7.28. The van der Waals surface area contributed by atoms with Crippen LogP contribution >= 0.6 is 23.4 Å². The topological polar surface area (TPSA) is 29.1 Å². The fraction of sp³-hybridized carbons (Fsp3) is 0.278. The Kier molecular flexibility index (Phi) is 6.81. The van der Waals surface area contributed by atoms with Crippen LogP contribution in [0.3, 0.4) is 0 Å². The van der Waals surface area contributed by atoms with Gasteiger partial charge in [-0.25, -0.2) is 0 Å². The van der Waals surface area contributed by atoms with Crippen LogP contribution in [0.4, 0.5) is 0 Å². The first kappa shape index (κ1) is 16.9. The third-order valence-corrected chi connectivity index (χ3v) is 4.63. The van der Waals surface area contributed by atoms with E-state index in [1.807, 2.05) is 36.4 Å². The van der Waals surface area contributed by atoms with Gasteiger partial charge in [0.2, 0.25) is 5.91 Å². The summed E-state index contributed by atoms with van der Waals surface area (Å²) in [6.07, 6.45) is 0.825. The first-order valence-corrected chi connectivity index (χ1v) is 8.82. The third-order valence-electron chi connectivity index (χ3n) is 3.40. The minimum Gasteiger partial charge on any atom is -0.355 e. The highest BCUT2D eigenvalue weighted by atomic mass is 35.5. The fourth-order valence-corrected chi connectivity index (χ4v) is 3.13. The molecule has 0 aliphatic heterocycles. The molecule has 0 unspecified atom stereocenters. The molecule has 0 spiro atoms. The number of aryl methyl sites for hydroxylation is 1. The molecule has 1 amide bonds. The van der Waals surface area contributed by atoms with Gasteiger partial charge < -0.3 is 5.32 Å². The summed E-state index contributed by atoms with van der Waals surface area (Å²) in [5, 5.41) is 3.69. The predicted octanol–water partition coefficient (Wildman–Crippen LogP) is 4.24. The van der Waals surface area contributed by atoms with Crippen molar-refractivity contribution in [3.8, 4) is 0 Å². The molecular weight excluding hydrogens is 314 g/mol. The quantitative estimate of drug-likeness (QED) is 0.821. The molecule has 0 heterocycles. The smallest absolute Gasteiger partial charge is 0.230 e. The molecule has 0 radical (unpaired) electrons. The Morgan fingerprint density at radius 3 is 2.59 bits per heavy atom. The standard InChI is InChI=1S/C18H20ClNOS/c1-14-4-2-3-5-16(14)12-22-13-18(21)20-11-10-15-6-8-17(19)9-7-15/h2-9H,10-13H2,1H3,(H,20,21). The van der Waals surface area contributed by atoms with Crippen LogP contribution in [0.15, 0.2) is 48.5 Å². The predicted molar refractivity (Wildman–Crippen MR) is 95.5 cm³/mol. The van der Waals surface area contributed by atoms with E-state index in [0.29, 0.717) is 12.3 Å². The second-order valence-corrected chi connectivity index (χ2v) is 6.57. The van der Waals surface area contributed by atoms with E-state index in [2.05, 4.69) is 24.4 Å². The van der Waals surface area contributed by atoms with Gasteiger partial charge in [-0.05, 0) is 42.2 Å². The molecule has 0 aliphatic rings. The lowest BCUT2D eigenvalue weighted by Gasteiger charge is -2.07. The van der Waals surface area contributed by atoms with Gasteiger partial charge in [0.05, 0.1) is 5.75 Å². The Labute approximate surface area is 141 Å². The number of hydrogen-bond donors (Lipinski definition) is 1. The molecule has 0 aliphatic carbocycles. The molecule has 0 atom stereocenters. The molecular formula is C18H20ClNOS. The van der Waals surface area contributed by atoms with E-state index in [9.17, 15) is 4.79 Å². The molecule has 2 aromatic carbocycles. The van der Waals surface area contributed by atoms with Crippen molar-refractivity contribution in [1.82, 2.24) is 5.32 Å². The monoisotopic (exact) mass is 333 g/mol. The van der Waals surface area contributed by atoms with E-state index in [-0.39, 0.29) is 5.91 Å².